The molecule has 0 atom stereocenters. The number of nitrogens with zero attached hydrogens (tertiary/aromatic N) is 3. The molecule has 2 heterocycles. The van der Waals surface area contributed by atoms with Crippen LogP contribution >= 0.6 is 0 Å². The lowest BCUT2D eigenvalue weighted by molar-refractivity contribution is 0.353. The van der Waals surface area contributed by atoms with Gasteiger partial charge < -0.3 is 10.0 Å². The Bertz CT molecular complexity index is 1430. The summed E-state index contributed by atoms with van der Waals surface area (Å²) in [6.07, 6.45) is 0. The number of hydrogen-bond acceptors (Lipinski definition) is 4. The quantitative estimate of drug-likeness (QED) is 0.540. The molecule has 134 valence electrons. The normalized spacial score (nSPS) is 12.6. The maximum atomic E-state index is 13.1. The van der Waals surface area contributed by atoms with Crippen LogP contribution in [0.1, 0.15) is 0 Å². The van der Waals surface area contributed by atoms with Crippen molar-refractivity contribution in [1.29, 1.82) is 0 Å². The number of aromatic nitrogens is 1. The molecule has 0 bridgehead atoms. The van der Waals surface area contributed by atoms with Crippen molar-refractivity contribution >= 4 is 27.2 Å². The fourth-order valence-corrected chi connectivity index (χ4v) is 4.00. The summed E-state index contributed by atoms with van der Waals surface area (Å²) >= 11 is 0. The lowest BCUT2D eigenvalue weighted by Crippen LogP contribution is -2.26. The zero-order valence-corrected chi connectivity index (χ0v) is 15.2. The maximum Gasteiger partial charge on any atom is 0.261 e. The van der Waals surface area contributed by atoms with E-state index in [1.165, 1.54) is 4.57 Å². The molecule has 1 aliphatic heterocycles. The summed E-state index contributed by atoms with van der Waals surface area (Å²) in [6, 6.07) is 15.7. The number of para-hydroxylation sites is 1. The van der Waals surface area contributed by atoms with E-state index in [4.69, 9.17) is 4.99 Å². The summed E-state index contributed by atoms with van der Waals surface area (Å²) < 4.78 is 1.46. The van der Waals surface area contributed by atoms with Gasteiger partial charge in [0.15, 0.2) is 0 Å². The molecule has 0 radical (unpaired) electrons. The Morgan fingerprint density at radius 3 is 2.63 bits per heavy atom. The van der Waals surface area contributed by atoms with Crippen LogP contribution in [0.25, 0.3) is 21.5 Å². The number of pyridine rings is 1. The van der Waals surface area contributed by atoms with E-state index in [-0.39, 0.29) is 11.4 Å². The minimum atomic E-state index is -0.157. The Hall–Kier alpha value is -3.18. The van der Waals surface area contributed by atoms with Crippen LogP contribution in [0, 0.1) is 10.4 Å². The fraction of sp³-hybridized carbons (Fsp3) is 0.182. The Labute approximate surface area is 155 Å². The summed E-state index contributed by atoms with van der Waals surface area (Å²) in [7, 11) is 3.90. The molecule has 0 saturated carbocycles. The minimum Gasteiger partial charge on any atom is -0.494 e. The zero-order chi connectivity index (χ0) is 18.7. The van der Waals surface area contributed by atoms with Gasteiger partial charge in [0.1, 0.15) is 0 Å². The van der Waals surface area contributed by atoms with Crippen LogP contribution in [0.15, 0.2) is 58.3 Å². The highest BCUT2D eigenvalue weighted by Crippen LogP contribution is 2.36. The summed E-state index contributed by atoms with van der Waals surface area (Å²) in [5, 5.41) is 17.0. The fourth-order valence-electron chi connectivity index (χ4n) is 4.00. The molecular formula is C22H19N3O2. The van der Waals surface area contributed by atoms with E-state index in [0.717, 1.165) is 32.3 Å². The topological polar surface area (TPSA) is 57.8 Å². The minimum absolute atomic E-state index is 0.0134. The monoisotopic (exact) mass is 357 g/mol. The first-order chi connectivity index (χ1) is 13.1. The van der Waals surface area contributed by atoms with E-state index in [0.29, 0.717) is 23.9 Å². The summed E-state index contributed by atoms with van der Waals surface area (Å²) in [6.45, 7) is 1.10. The second-order valence-corrected chi connectivity index (χ2v) is 7.26. The first-order valence-electron chi connectivity index (χ1n) is 9.00. The molecule has 27 heavy (non-hydrogen) atoms. The summed E-state index contributed by atoms with van der Waals surface area (Å²) in [5.41, 5.74) is 0.680. The lowest BCUT2D eigenvalue weighted by Gasteiger charge is -2.16. The van der Waals surface area contributed by atoms with Gasteiger partial charge in [-0.2, -0.15) is 0 Å². The van der Waals surface area contributed by atoms with Crippen molar-refractivity contribution in [1.82, 2.24) is 9.47 Å². The van der Waals surface area contributed by atoms with Crippen LogP contribution in [0.3, 0.4) is 0 Å². The maximum absolute atomic E-state index is 13.1. The van der Waals surface area contributed by atoms with E-state index in [1.54, 1.807) is 0 Å². The van der Waals surface area contributed by atoms with E-state index >= 15 is 0 Å². The molecule has 0 saturated heterocycles. The number of fused-ring (bicyclic) bond motifs is 3. The number of benzene rings is 3. The van der Waals surface area contributed by atoms with Gasteiger partial charge in [-0.1, -0.05) is 30.3 Å². The number of aromatic hydroxyl groups is 1. The van der Waals surface area contributed by atoms with Gasteiger partial charge in [-0.25, -0.2) is 4.99 Å². The molecule has 5 nitrogen and oxygen atoms in total. The van der Waals surface area contributed by atoms with Crippen molar-refractivity contribution in [3.63, 3.8) is 0 Å². The van der Waals surface area contributed by atoms with Gasteiger partial charge in [-0.05, 0) is 37.7 Å². The summed E-state index contributed by atoms with van der Waals surface area (Å²) in [4.78, 5) is 19.8. The first kappa shape index (κ1) is 16.0. The number of hydrogen-bond donors (Lipinski definition) is 1. The Balaban J connectivity index is 1.98. The van der Waals surface area contributed by atoms with Crippen LogP contribution < -0.4 is 10.9 Å². The van der Waals surface area contributed by atoms with Crippen molar-refractivity contribution in [2.75, 3.05) is 20.6 Å². The Morgan fingerprint density at radius 1 is 1.04 bits per heavy atom. The largest absolute Gasteiger partial charge is 0.494 e. The van der Waals surface area contributed by atoms with Gasteiger partial charge in [-0.15, -0.1) is 0 Å². The summed E-state index contributed by atoms with van der Waals surface area (Å²) in [5.74, 6) is 0.0134. The molecule has 0 unspecified atom stereocenters. The van der Waals surface area contributed by atoms with Crippen LogP contribution in [-0.2, 0) is 6.54 Å². The standard InChI is InChI=1S/C22H19N3O2/c1-24(2)10-11-25-21(26)15-8-5-7-14-19(15)16(22(25)27)12-18-20(14)13-6-3-4-9-17(13)23-18/h3-9,12,27H,10-11H2,1-2H3. The average molecular weight is 357 g/mol. The number of rotatable bonds is 3. The van der Waals surface area contributed by atoms with Crippen LogP contribution in [0.4, 0.5) is 5.69 Å². The van der Waals surface area contributed by atoms with Crippen molar-refractivity contribution in [2.45, 2.75) is 6.54 Å². The molecule has 0 spiro atoms. The molecule has 5 rings (SSSR count). The smallest absolute Gasteiger partial charge is 0.261 e. The molecule has 0 amide bonds. The van der Waals surface area contributed by atoms with Gasteiger partial charge in [0.05, 0.1) is 11.0 Å². The molecule has 5 heteroatoms. The Kier molecular flexibility index (Phi) is 3.36. The lowest BCUT2D eigenvalue weighted by atomic mass is 9.99. The highest BCUT2D eigenvalue weighted by atomic mass is 16.3. The number of likely N-dealkylation sites (N-methyl/N-ethyl adjacent to an activating group) is 1. The highest BCUT2D eigenvalue weighted by molar-refractivity contribution is 6.13. The van der Waals surface area contributed by atoms with Gasteiger partial charge in [0.25, 0.3) is 5.56 Å². The second-order valence-electron chi connectivity index (χ2n) is 7.26. The molecule has 0 aliphatic carbocycles. The van der Waals surface area contributed by atoms with Gasteiger partial charge in [0, 0.05) is 39.7 Å². The Morgan fingerprint density at radius 2 is 1.81 bits per heavy atom. The van der Waals surface area contributed by atoms with Crippen LogP contribution in [0.5, 0.6) is 5.88 Å². The first-order valence-corrected chi connectivity index (χ1v) is 9.00. The molecule has 4 aromatic rings. The van der Waals surface area contributed by atoms with E-state index in [9.17, 15) is 9.90 Å². The van der Waals surface area contributed by atoms with E-state index in [2.05, 4.69) is 6.07 Å². The van der Waals surface area contributed by atoms with Crippen molar-refractivity contribution in [2.24, 2.45) is 4.99 Å². The van der Waals surface area contributed by atoms with E-state index in [1.807, 2.05) is 61.5 Å². The predicted molar refractivity (Wildman–Crippen MR) is 106 cm³/mol. The third-order valence-electron chi connectivity index (χ3n) is 5.30. The molecule has 1 N–H and O–H groups in total. The second kappa shape index (κ2) is 5.66. The predicted octanol–water partition coefficient (Wildman–Crippen LogP) is 2.69. The molecular weight excluding hydrogens is 338 g/mol. The van der Waals surface area contributed by atoms with Crippen molar-refractivity contribution < 1.29 is 5.11 Å². The van der Waals surface area contributed by atoms with Gasteiger partial charge in [-0.3, -0.25) is 9.36 Å². The zero-order valence-electron chi connectivity index (χ0n) is 15.2. The van der Waals surface area contributed by atoms with E-state index < -0.39 is 0 Å². The SMILES string of the molecule is CN(C)CCn1c(O)c2cc3c(c4cccc(c1=O)c24)=c1ccccc1=N3. The molecule has 0 fully saturated rings. The molecule has 1 aromatic heterocycles. The van der Waals surface area contributed by atoms with Crippen molar-refractivity contribution in [3.8, 4) is 5.88 Å². The van der Waals surface area contributed by atoms with Crippen LogP contribution in [-0.4, -0.2) is 35.2 Å². The average Bonchev–Trinajstić information content (AvgIpc) is 3.04. The molecule has 3 aromatic carbocycles. The highest BCUT2D eigenvalue weighted by Gasteiger charge is 2.19. The van der Waals surface area contributed by atoms with Gasteiger partial charge in [0.2, 0.25) is 5.88 Å². The van der Waals surface area contributed by atoms with Crippen molar-refractivity contribution in [3.05, 3.63) is 74.7 Å². The molecule has 1 aliphatic rings. The third-order valence-corrected chi connectivity index (χ3v) is 5.30. The van der Waals surface area contributed by atoms with Crippen LogP contribution in [0.2, 0.25) is 0 Å². The van der Waals surface area contributed by atoms with Gasteiger partial charge >= 0.3 is 0 Å². The third kappa shape index (κ3) is 2.22.